The molecule has 0 radical (unpaired) electrons. The van der Waals surface area contributed by atoms with Crippen LogP contribution in [-0.2, 0) is 0 Å². The summed E-state index contributed by atoms with van der Waals surface area (Å²) in [7, 11) is 0. The van der Waals surface area contributed by atoms with Gasteiger partial charge in [-0.2, -0.15) is 0 Å². The van der Waals surface area contributed by atoms with Gasteiger partial charge in [0.15, 0.2) is 5.82 Å². The average molecular weight is 264 g/mol. The third kappa shape index (κ3) is 1.99. The van der Waals surface area contributed by atoms with E-state index in [-0.39, 0.29) is 0 Å². The number of aromatic nitrogens is 2. The minimum atomic E-state index is 0.461. The van der Waals surface area contributed by atoms with E-state index in [0.29, 0.717) is 11.6 Å². The number of anilines is 1. The van der Waals surface area contributed by atoms with Crippen LogP contribution in [0.4, 0.5) is 5.82 Å². The van der Waals surface area contributed by atoms with Gasteiger partial charge < -0.3 is 5.73 Å². The van der Waals surface area contributed by atoms with Crippen LogP contribution in [0, 0.1) is 6.92 Å². The number of nitrogens with zero attached hydrogens (tertiary/aromatic N) is 2. The fraction of sp³-hybridized carbons (Fsp3) is 0.0909. The van der Waals surface area contributed by atoms with Gasteiger partial charge in [-0.25, -0.2) is 9.97 Å². The summed E-state index contributed by atoms with van der Waals surface area (Å²) in [5.74, 6) is 1.12. The Morgan fingerprint density at radius 3 is 2.67 bits per heavy atom. The lowest BCUT2D eigenvalue weighted by Gasteiger charge is -2.05. The Labute approximate surface area is 96.5 Å². The van der Waals surface area contributed by atoms with Crippen molar-refractivity contribution >= 4 is 21.7 Å². The highest BCUT2D eigenvalue weighted by Gasteiger charge is 2.06. The molecule has 0 amide bonds. The van der Waals surface area contributed by atoms with Crippen LogP contribution in [0.5, 0.6) is 0 Å². The van der Waals surface area contributed by atoms with Crippen molar-refractivity contribution in [2.24, 2.45) is 0 Å². The Kier molecular flexibility index (Phi) is 2.68. The van der Waals surface area contributed by atoms with Crippen molar-refractivity contribution in [2.75, 3.05) is 5.73 Å². The first-order valence-electron chi connectivity index (χ1n) is 4.52. The van der Waals surface area contributed by atoms with Crippen LogP contribution in [-0.4, -0.2) is 9.97 Å². The molecule has 0 aliphatic heterocycles. The highest BCUT2D eigenvalue weighted by atomic mass is 79.9. The molecule has 1 aromatic heterocycles. The molecule has 0 bridgehead atoms. The molecule has 2 aromatic rings. The van der Waals surface area contributed by atoms with Gasteiger partial charge in [0.1, 0.15) is 5.82 Å². The lowest BCUT2D eigenvalue weighted by atomic mass is 10.1. The Morgan fingerprint density at radius 1 is 1.27 bits per heavy atom. The Morgan fingerprint density at radius 2 is 2.00 bits per heavy atom. The molecule has 0 aliphatic rings. The van der Waals surface area contributed by atoms with Crippen LogP contribution in [0.25, 0.3) is 11.4 Å². The molecular formula is C11H10BrN3. The van der Waals surface area contributed by atoms with E-state index in [0.717, 1.165) is 15.6 Å². The number of benzene rings is 1. The summed E-state index contributed by atoms with van der Waals surface area (Å²) in [6.45, 7) is 2.02. The monoisotopic (exact) mass is 263 g/mol. The molecule has 1 aromatic carbocycles. The van der Waals surface area contributed by atoms with E-state index in [9.17, 15) is 0 Å². The molecule has 0 spiro atoms. The van der Waals surface area contributed by atoms with Gasteiger partial charge in [0.25, 0.3) is 0 Å². The van der Waals surface area contributed by atoms with Gasteiger partial charge in [-0.05, 0) is 28.4 Å². The molecule has 0 atom stereocenters. The molecule has 0 fully saturated rings. The van der Waals surface area contributed by atoms with Crippen LogP contribution < -0.4 is 5.73 Å². The fourth-order valence-electron chi connectivity index (χ4n) is 1.33. The average Bonchev–Trinajstić information content (AvgIpc) is 2.23. The molecule has 1 heterocycles. The summed E-state index contributed by atoms with van der Waals surface area (Å²) >= 11 is 3.27. The lowest BCUT2D eigenvalue weighted by Crippen LogP contribution is -1.97. The molecular weight excluding hydrogens is 254 g/mol. The predicted molar refractivity (Wildman–Crippen MR) is 64.3 cm³/mol. The molecule has 76 valence electrons. The van der Waals surface area contributed by atoms with E-state index in [2.05, 4.69) is 25.9 Å². The third-order valence-electron chi connectivity index (χ3n) is 2.16. The van der Waals surface area contributed by atoms with Crippen LogP contribution >= 0.6 is 15.9 Å². The minimum absolute atomic E-state index is 0.461. The second-order valence-corrected chi connectivity index (χ2v) is 4.10. The maximum Gasteiger partial charge on any atom is 0.161 e. The van der Waals surface area contributed by atoms with Gasteiger partial charge in [-0.3, -0.25) is 0 Å². The van der Waals surface area contributed by atoms with Crippen molar-refractivity contribution in [2.45, 2.75) is 6.92 Å². The summed E-state index contributed by atoms with van der Waals surface area (Å²) < 4.78 is 0.722. The van der Waals surface area contributed by atoms with Crippen LogP contribution in [0.2, 0.25) is 0 Å². The van der Waals surface area contributed by atoms with Crippen molar-refractivity contribution in [1.82, 2.24) is 9.97 Å². The van der Waals surface area contributed by atoms with Crippen LogP contribution in [0.1, 0.15) is 5.56 Å². The number of halogens is 1. The zero-order valence-electron chi connectivity index (χ0n) is 8.24. The highest BCUT2D eigenvalue weighted by molar-refractivity contribution is 9.10. The zero-order chi connectivity index (χ0) is 10.8. The first kappa shape index (κ1) is 10.1. The summed E-state index contributed by atoms with van der Waals surface area (Å²) in [5, 5.41) is 0. The maximum atomic E-state index is 5.71. The molecule has 2 N–H and O–H groups in total. The van der Waals surface area contributed by atoms with Crippen LogP contribution in [0.3, 0.4) is 0 Å². The highest BCUT2D eigenvalue weighted by Crippen LogP contribution is 2.22. The van der Waals surface area contributed by atoms with E-state index in [1.807, 2.05) is 31.2 Å². The number of hydrogen-bond donors (Lipinski definition) is 1. The first-order valence-corrected chi connectivity index (χ1v) is 5.32. The first-order chi connectivity index (χ1) is 7.18. The second-order valence-electron chi connectivity index (χ2n) is 3.24. The minimum Gasteiger partial charge on any atom is -0.383 e. The van der Waals surface area contributed by atoms with Gasteiger partial charge in [-0.1, -0.05) is 24.3 Å². The topological polar surface area (TPSA) is 51.8 Å². The van der Waals surface area contributed by atoms with Gasteiger partial charge in [0, 0.05) is 11.8 Å². The second kappa shape index (κ2) is 3.98. The van der Waals surface area contributed by atoms with E-state index in [1.165, 1.54) is 0 Å². The summed E-state index contributed by atoms with van der Waals surface area (Å²) in [5.41, 5.74) is 7.86. The molecule has 0 aliphatic carbocycles. The lowest BCUT2D eigenvalue weighted by molar-refractivity contribution is 1.16. The molecule has 0 saturated heterocycles. The molecule has 0 unspecified atom stereocenters. The number of nitrogens with two attached hydrogens (primary N) is 1. The maximum absolute atomic E-state index is 5.71. The Hall–Kier alpha value is -1.42. The van der Waals surface area contributed by atoms with Crippen LogP contribution in [0.15, 0.2) is 34.9 Å². The van der Waals surface area contributed by atoms with E-state index < -0.39 is 0 Å². The van der Waals surface area contributed by atoms with Gasteiger partial charge in [-0.15, -0.1) is 0 Å². The van der Waals surface area contributed by atoms with Gasteiger partial charge in [0.05, 0.1) is 4.47 Å². The van der Waals surface area contributed by atoms with Crippen molar-refractivity contribution in [3.05, 3.63) is 40.5 Å². The number of nitrogen functional groups attached to an aromatic ring is 1. The van der Waals surface area contributed by atoms with Crippen molar-refractivity contribution in [1.29, 1.82) is 0 Å². The molecule has 15 heavy (non-hydrogen) atoms. The zero-order valence-corrected chi connectivity index (χ0v) is 9.82. The predicted octanol–water partition coefficient (Wildman–Crippen LogP) is 2.80. The molecule has 2 rings (SSSR count). The summed E-state index contributed by atoms with van der Waals surface area (Å²) in [6, 6.07) is 7.96. The molecule has 4 heteroatoms. The van der Waals surface area contributed by atoms with E-state index in [4.69, 9.17) is 5.73 Å². The largest absolute Gasteiger partial charge is 0.383 e. The van der Waals surface area contributed by atoms with Gasteiger partial charge >= 0.3 is 0 Å². The van der Waals surface area contributed by atoms with Gasteiger partial charge in [0.2, 0.25) is 0 Å². The number of hydrogen-bond acceptors (Lipinski definition) is 3. The summed E-state index contributed by atoms with van der Waals surface area (Å²) in [4.78, 5) is 8.46. The van der Waals surface area contributed by atoms with Crippen molar-refractivity contribution in [3.63, 3.8) is 0 Å². The van der Waals surface area contributed by atoms with E-state index >= 15 is 0 Å². The van der Waals surface area contributed by atoms with E-state index in [1.54, 1.807) is 6.20 Å². The molecule has 0 saturated carbocycles. The van der Waals surface area contributed by atoms with Crippen molar-refractivity contribution in [3.8, 4) is 11.4 Å². The Bertz CT molecular complexity index is 497. The SMILES string of the molecule is Cc1ccccc1-c1ncc(Br)c(N)n1. The quantitative estimate of drug-likeness (QED) is 0.861. The smallest absolute Gasteiger partial charge is 0.161 e. The standard InChI is InChI=1S/C11H10BrN3/c1-7-4-2-3-5-8(7)11-14-6-9(12)10(13)15-11/h2-6H,1H3,(H2,13,14,15). The van der Waals surface area contributed by atoms with Crippen molar-refractivity contribution < 1.29 is 0 Å². The Balaban J connectivity index is 2.55. The number of aryl methyl sites for hydroxylation is 1. The normalized spacial score (nSPS) is 10.3. The fourth-order valence-corrected chi connectivity index (χ4v) is 1.52. The third-order valence-corrected chi connectivity index (χ3v) is 2.77. The summed E-state index contributed by atoms with van der Waals surface area (Å²) in [6.07, 6.45) is 1.67. The number of rotatable bonds is 1. The molecule has 3 nitrogen and oxygen atoms in total.